The maximum absolute atomic E-state index is 14.7. The average Bonchev–Trinajstić information content (AvgIpc) is 3.66. The molecule has 10 rings (SSSR count). The van der Waals surface area contributed by atoms with Crippen molar-refractivity contribution in [1.29, 1.82) is 5.26 Å². The van der Waals surface area contributed by atoms with Crippen molar-refractivity contribution in [3.05, 3.63) is 199 Å². The van der Waals surface area contributed by atoms with Gasteiger partial charge in [0.05, 0.1) is 62.3 Å². The van der Waals surface area contributed by atoms with Crippen LogP contribution in [0.5, 0.6) is 0 Å². The fraction of sp³-hybridized carbons (Fsp3) is 0.0377. The normalized spacial score (nSPS) is 11.8. The number of hydrogen-bond acceptors (Lipinski definition) is 5. The molecule has 3 heterocycles. The first-order valence-corrected chi connectivity index (χ1v) is 20.2. The van der Waals surface area contributed by atoms with Crippen LogP contribution in [0, 0.1) is 11.3 Å². The molecule has 0 amide bonds. The van der Waals surface area contributed by atoms with Crippen LogP contribution in [-0.4, -0.2) is 24.5 Å². The Hall–Kier alpha value is -8.43. The molecule has 0 aliphatic rings. The van der Waals surface area contributed by atoms with Crippen molar-refractivity contribution in [3.63, 3.8) is 0 Å². The van der Waals surface area contributed by atoms with Gasteiger partial charge in [0.15, 0.2) is 11.6 Å². The molecule has 0 aliphatic heterocycles. The molecule has 0 radical (unpaired) electrons. The highest BCUT2D eigenvalue weighted by Gasteiger charge is 2.34. The first-order chi connectivity index (χ1) is 31.4. The Labute approximate surface area is 367 Å². The van der Waals surface area contributed by atoms with E-state index in [0.29, 0.717) is 33.6 Å². The van der Waals surface area contributed by atoms with Crippen molar-refractivity contribution in [3.8, 4) is 79.6 Å². The van der Waals surface area contributed by atoms with Gasteiger partial charge in [-0.3, -0.25) is 0 Å². The highest BCUT2D eigenvalue weighted by molar-refractivity contribution is 6.11. The number of benzene rings is 7. The Morgan fingerprint density at radius 3 is 1.11 bits per heavy atom. The number of halogens is 6. The first kappa shape index (κ1) is 40.6. The molecule has 7 aromatic carbocycles. The van der Waals surface area contributed by atoms with Crippen LogP contribution in [-0.2, 0) is 12.4 Å². The molecule has 3 aromatic heterocycles. The van der Waals surface area contributed by atoms with Gasteiger partial charge >= 0.3 is 12.4 Å². The summed E-state index contributed by atoms with van der Waals surface area (Å²) >= 11 is 0. The molecule has 0 saturated carbocycles. The molecule has 0 N–H and O–H groups in total. The first-order valence-electron chi connectivity index (χ1n) is 20.2. The maximum atomic E-state index is 14.7. The van der Waals surface area contributed by atoms with E-state index in [-0.39, 0.29) is 67.2 Å². The van der Waals surface area contributed by atoms with Crippen LogP contribution < -0.4 is 0 Å². The molecule has 0 aliphatic carbocycles. The zero-order chi connectivity index (χ0) is 44.9. The van der Waals surface area contributed by atoms with Gasteiger partial charge in [0.25, 0.3) is 0 Å². The summed E-state index contributed by atoms with van der Waals surface area (Å²) in [5.41, 5.74) is 2.70. The molecule has 314 valence electrons. The Morgan fingerprint density at radius 2 is 0.754 bits per heavy atom. The number of nitriles is 1. The summed E-state index contributed by atoms with van der Waals surface area (Å²) in [6.45, 7) is 0. The van der Waals surface area contributed by atoms with Crippen molar-refractivity contribution in [1.82, 2.24) is 24.5 Å². The summed E-state index contributed by atoms with van der Waals surface area (Å²) in [4.78, 5) is 20.0. The van der Waals surface area contributed by atoms with Crippen LogP contribution in [0.2, 0.25) is 0 Å². The molecule has 0 saturated heterocycles. The number of alkyl halides is 6. The van der Waals surface area contributed by atoms with Gasteiger partial charge in [-0.25, -0.2) is 19.9 Å². The number of hydrogen-bond donors (Lipinski definition) is 0. The highest BCUT2D eigenvalue weighted by atomic mass is 19.4. The average molecular weight is 865 g/mol. The van der Waals surface area contributed by atoms with E-state index in [0.717, 1.165) is 24.3 Å². The van der Waals surface area contributed by atoms with Crippen molar-refractivity contribution in [2.24, 2.45) is 0 Å². The largest absolute Gasteiger partial charge is 0.416 e. The summed E-state index contributed by atoms with van der Waals surface area (Å²) in [5.74, 6) is 0.579. The standard InChI is InChI=1S/C53H30F6N6/c54-52(55,56)37-21-23-39-40-24-22-38(53(57,58)59)28-48(40)65(47(39)27-37)49-41(45-29-43(33-13-5-1-6-14-33)61-50(63-45)35-17-9-3-10-18-35)25-32(31-60)26-42(49)46-30-44(34-15-7-2-8-16-34)62-51(64-46)36-19-11-4-12-20-36/h1-30H. The molecule has 0 atom stereocenters. The Balaban J connectivity index is 1.41. The lowest BCUT2D eigenvalue weighted by atomic mass is 9.95. The van der Waals surface area contributed by atoms with E-state index in [2.05, 4.69) is 6.07 Å². The van der Waals surface area contributed by atoms with Crippen LogP contribution in [0.25, 0.3) is 95.3 Å². The molecule has 10 aromatic rings. The molecular weight excluding hydrogens is 835 g/mol. The van der Waals surface area contributed by atoms with Crippen LogP contribution in [0.1, 0.15) is 16.7 Å². The predicted molar refractivity (Wildman–Crippen MR) is 239 cm³/mol. The minimum Gasteiger partial charge on any atom is -0.308 e. The molecule has 65 heavy (non-hydrogen) atoms. The van der Waals surface area contributed by atoms with Gasteiger partial charge in [-0.1, -0.05) is 133 Å². The van der Waals surface area contributed by atoms with Crippen LogP contribution in [0.15, 0.2) is 182 Å². The van der Waals surface area contributed by atoms with Crippen LogP contribution in [0.3, 0.4) is 0 Å². The van der Waals surface area contributed by atoms with E-state index < -0.39 is 23.5 Å². The summed E-state index contributed by atoms with van der Waals surface area (Å²) < 4.78 is 89.6. The summed E-state index contributed by atoms with van der Waals surface area (Å²) in [6.07, 6.45) is -9.63. The quantitative estimate of drug-likeness (QED) is 0.149. The van der Waals surface area contributed by atoms with E-state index in [1.54, 1.807) is 24.3 Å². The summed E-state index contributed by atoms with van der Waals surface area (Å²) in [7, 11) is 0. The zero-order valence-electron chi connectivity index (χ0n) is 33.8. The van der Waals surface area contributed by atoms with Crippen molar-refractivity contribution in [2.45, 2.75) is 12.4 Å². The van der Waals surface area contributed by atoms with Gasteiger partial charge in [-0.2, -0.15) is 31.6 Å². The predicted octanol–water partition coefficient (Wildman–Crippen LogP) is 14.3. The zero-order valence-corrected chi connectivity index (χ0v) is 33.8. The molecule has 12 heteroatoms. The van der Waals surface area contributed by atoms with Crippen LogP contribution in [0.4, 0.5) is 26.3 Å². The SMILES string of the molecule is N#Cc1cc(-c2cc(-c3ccccc3)nc(-c3ccccc3)n2)c(-n2c3cc(C(F)(F)F)ccc3c3ccc(C(F)(F)F)cc32)c(-c2cc(-c3ccccc3)nc(-c3ccccc3)n2)c1. The Morgan fingerprint density at radius 1 is 0.400 bits per heavy atom. The van der Waals surface area contributed by atoms with Gasteiger partial charge in [0.2, 0.25) is 0 Å². The third-order valence-electron chi connectivity index (χ3n) is 11.1. The van der Waals surface area contributed by atoms with Crippen molar-refractivity contribution in [2.75, 3.05) is 0 Å². The molecule has 0 fully saturated rings. The second kappa shape index (κ2) is 16.0. The van der Waals surface area contributed by atoms with Gasteiger partial charge in [-0.15, -0.1) is 0 Å². The third-order valence-corrected chi connectivity index (χ3v) is 11.1. The number of aromatic nitrogens is 5. The van der Waals surface area contributed by atoms with E-state index >= 15 is 0 Å². The Bertz CT molecular complexity index is 3120. The molecular formula is C53H30F6N6. The van der Waals surface area contributed by atoms with E-state index in [4.69, 9.17) is 19.9 Å². The lowest BCUT2D eigenvalue weighted by Crippen LogP contribution is -2.08. The minimum absolute atomic E-state index is 0.0393. The molecule has 6 nitrogen and oxygen atoms in total. The molecule has 0 unspecified atom stereocenters. The third kappa shape index (κ3) is 7.74. The topological polar surface area (TPSA) is 80.3 Å². The summed E-state index contributed by atoms with van der Waals surface area (Å²) in [6, 6.07) is 51.8. The number of rotatable bonds is 7. The molecule has 0 spiro atoms. The minimum atomic E-state index is -4.81. The lowest BCUT2D eigenvalue weighted by Gasteiger charge is -2.21. The summed E-state index contributed by atoms with van der Waals surface area (Å²) in [5, 5.41) is 11.3. The number of fused-ring (bicyclic) bond motifs is 3. The van der Waals surface area contributed by atoms with Gasteiger partial charge < -0.3 is 4.57 Å². The Kier molecular flexibility index (Phi) is 10.0. The maximum Gasteiger partial charge on any atom is 0.416 e. The fourth-order valence-corrected chi connectivity index (χ4v) is 8.06. The van der Waals surface area contributed by atoms with Gasteiger partial charge in [0.1, 0.15) is 0 Å². The van der Waals surface area contributed by atoms with E-state index in [1.807, 2.05) is 121 Å². The smallest absolute Gasteiger partial charge is 0.308 e. The van der Waals surface area contributed by atoms with Gasteiger partial charge in [0, 0.05) is 44.2 Å². The second-order valence-corrected chi connectivity index (χ2v) is 15.2. The fourth-order valence-electron chi connectivity index (χ4n) is 8.06. The molecule has 0 bridgehead atoms. The highest BCUT2D eigenvalue weighted by Crippen LogP contribution is 2.45. The van der Waals surface area contributed by atoms with E-state index in [9.17, 15) is 31.6 Å². The van der Waals surface area contributed by atoms with Crippen molar-refractivity contribution >= 4 is 21.8 Å². The monoisotopic (exact) mass is 864 g/mol. The van der Waals surface area contributed by atoms with Gasteiger partial charge in [-0.05, 0) is 48.5 Å². The number of nitrogens with zero attached hydrogens (tertiary/aromatic N) is 6. The van der Waals surface area contributed by atoms with Crippen LogP contribution >= 0.6 is 0 Å². The lowest BCUT2D eigenvalue weighted by molar-refractivity contribution is -0.138. The van der Waals surface area contributed by atoms with E-state index in [1.165, 1.54) is 16.7 Å². The van der Waals surface area contributed by atoms with Crippen molar-refractivity contribution < 1.29 is 26.3 Å². The second-order valence-electron chi connectivity index (χ2n) is 15.2.